The van der Waals surface area contributed by atoms with E-state index in [9.17, 15) is 14.9 Å². The van der Waals surface area contributed by atoms with Crippen LogP contribution in [0.25, 0.3) is 0 Å². The number of hydrogen-bond donors (Lipinski definition) is 1. The van der Waals surface area contributed by atoms with Crippen molar-refractivity contribution in [2.45, 2.75) is 70.8 Å². The predicted molar refractivity (Wildman–Crippen MR) is 104 cm³/mol. The molecule has 0 aromatic carbocycles. The molecule has 0 heterocycles. The standard InChI is InChI=1S/C20H33NO5/c1-2-3-4-5-6-7-9-12-15-19(21(24)25)16-13-10-8-11-14-17-26-18-20(22)23/h6-7,12-13,15-16,19H,2-5,8-11,14,17-18H2,1H3,(H,22,23)/b7-6+,15-12+,16-13+. The molecule has 26 heavy (non-hydrogen) atoms. The lowest BCUT2D eigenvalue weighted by Crippen LogP contribution is -2.13. The van der Waals surface area contributed by atoms with E-state index in [1.54, 1.807) is 12.2 Å². The highest BCUT2D eigenvalue weighted by molar-refractivity contribution is 5.67. The molecule has 6 heteroatoms. The van der Waals surface area contributed by atoms with E-state index in [0.717, 1.165) is 38.5 Å². The normalized spacial score (nSPS) is 13.1. The van der Waals surface area contributed by atoms with Gasteiger partial charge in [0.2, 0.25) is 6.04 Å². The fraction of sp³-hybridized carbons (Fsp3) is 0.650. The van der Waals surface area contributed by atoms with Gasteiger partial charge in [-0.05, 0) is 50.7 Å². The Morgan fingerprint density at radius 2 is 1.73 bits per heavy atom. The predicted octanol–water partition coefficient (Wildman–Crippen LogP) is 4.93. The third-order valence-electron chi connectivity index (χ3n) is 3.71. The van der Waals surface area contributed by atoms with Crippen molar-refractivity contribution in [1.29, 1.82) is 0 Å². The van der Waals surface area contributed by atoms with Gasteiger partial charge in [-0.3, -0.25) is 10.1 Å². The lowest BCUT2D eigenvalue weighted by molar-refractivity contribution is -0.496. The summed E-state index contributed by atoms with van der Waals surface area (Å²) >= 11 is 0. The van der Waals surface area contributed by atoms with Gasteiger partial charge in [0.25, 0.3) is 0 Å². The average molecular weight is 367 g/mol. The van der Waals surface area contributed by atoms with Crippen molar-refractivity contribution in [3.63, 3.8) is 0 Å². The number of nitrogens with zero attached hydrogens (tertiary/aromatic N) is 1. The number of nitro groups is 1. The van der Waals surface area contributed by atoms with Crippen LogP contribution in [0, 0.1) is 10.1 Å². The Hall–Kier alpha value is -1.95. The van der Waals surface area contributed by atoms with E-state index in [1.165, 1.54) is 19.3 Å². The average Bonchev–Trinajstić information content (AvgIpc) is 2.60. The van der Waals surface area contributed by atoms with Crippen LogP contribution in [0.2, 0.25) is 0 Å². The highest BCUT2D eigenvalue weighted by Gasteiger charge is 2.09. The molecule has 0 radical (unpaired) electrons. The molecule has 0 spiro atoms. The number of allylic oxidation sites excluding steroid dienone is 4. The van der Waals surface area contributed by atoms with Crippen LogP contribution in [0.15, 0.2) is 36.5 Å². The van der Waals surface area contributed by atoms with Gasteiger partial charge in [-0.1, -0.05) is 50.5 Å². The second-order valence-corrected chi connectivity index (χ2v) is 6.13. The topological polar surface area (TPSA) is 89.7 Å². The Labute approximate surface area is 156 Å². The lowest BCUT2D eigenvalue weighted by atomic mass is 10.1. The minimum atomic E-state index is -0.959. The zero-order valence-corrected chi connectivity index (χ0v) is 15.8. The minimum absolute atomic E-state index is 0.259. The number of ether oxygens (including phenoxy) is 1. The first kappa shape index (κ1) is 24.1. The van der Waals surface area contributed by atoms with Crippen molar-refractivity contribution in [2.75, 3.05) is 13.2 Å². The van der Waals surface area contributed by atoms with Gasteiger partial charge < -0.3 is 9.84 Å². The summed E-state index contributed by atoms with van der Waals surface area (Å²) in [6.45, 7) is 2.35. The number of carboxylic acids is 1. The van der Waals surface area contributed by atoms with Gasteiger partial charge in [0.1, 0.15) is 6.61 Å². The van der Waals surface area contributed by atoms with Crippen LogP contribution in [0.4, 0.5) is 0 Å². The van der Waals surface area contributed by atoms with Gasteiger partial charge in [-0.15, -0.1) is 0 Å². The van der Waals surface area contributed by atoms with Crippen molar-refractivity contribution in [3.8, 4) is 0 Å². The molecule has 0 aliphatic rings. The minimum Gasteiger partial charge on any atom is -0.480 e. The first-order valence-corrected chi connectivity index (χ1v) is 9.49. The molecular formula is C20H33NO5. The molecule has 0 fully saturated rings. The molecule has 6 nitrogen and oxygen atoms in total. The Bertz CT molecular complexity index is 457. The Balaban J connectivity index is 3.86. The third kappa shape index (κ3) is 16.9. The molecule has 0 amide bonds. The maximum Gasteiger partial charge on any atom is 0.329 e. The summed E-state index contributed by atoms with van der Waals surface area (Å²) in [7, 11) is 0. The summed E-state index contributed by atoms with van der Waals surface area (Å²) in [4.78, 5) is 21.0. The summed E-state index contributed by atoms with van der Waals surface area (Å²) in [6.07, 6.45) is 20.0. The monoisotopic (exact) mass is 367 g/mol. The van der Waals surface area contributed by atoms with Crippen molar-refractivity contribution >= 4 is 5.97 Å². The summed E-state index contributed by atoms with van der Waals surface area (Å²) in [5, 5.41) is 19.5. The smallest absolute Gasteiger partial charge is 0.329 e. The number of carbonyl (C=O) groups is 1. The quantitative estimate of drug-likeness (QED) is 0.170. The Kier molecular flexibility index (Phi) is 16.5. The molecule has 0 aliphatic carbocycles. The molecule has 0 saturated heterocycles. The summed E-state index contributed by atoms with van der Waals surface area (Å²) in [5.74, 6) is -0.959. The molecule has 1 N–H and O–H groups in total. The maximum absolute atomic E-state index is 11.1. The van der Waals surface area contributed by atoms with E-state index < -0.39 is 12.0 Å². The molecule has 0 aliphatic heterocycles. The van der Waals surface area contributed by atoms with E-state index in [1.807, 2.05) is 12.2 Å². The first-order chi connectivity index (χ1) is 12.6. The van der Waals surface area contributed by atoms with Crippen molar-refractivity contribution in [3.05, 3.63) is 46.6 Å². The van der Waals surface area contributed by atoms with E-state index in [0.29, 0.717) is 6.61 Å². The van der Waals surface area contributed by atoms with Gasteiger partial charge in [0, 0.05) is 11.5 Å². The Morgan fingerprint density at radius 1 is 1.04 bits per heavy atom. The van der Waals surface area contributed by atoms with Crippen LogP contribution in [0.1, 0.15) is 64.7 Å². The van der Waals surface area contributed by atoms with Crippen LogP contribution < -0.4 is 0 Å². The van der Waals surface area contributed by atoms with E-state index >= 15 is 0 Å². The molecular weight excluding hydrogens is 334 g/mol. The molecule has 0 saturated carbocycles. The second kappa shape index (κ2) is 17.9. The van der Waals surface area contributed by atoms with E-state index in [2.05, 4.69) is 19.1 Å². The van der Waals surface area contributed by atoms with Crippen molar-refractivity contribution < 1.29 is 19.6 Å². The lowest BCUT2D eigenvalue weighted by Gasteiger charge is -2.01. The number of hydrogen-bond acceptors (Lipinski definition) is 4. The third-order valence-corrected chi connectivity index (χ3v) is 3.71. The van der Waals surface area contributed by atoms with Crippen LogP contribution in [-0.4, -0.2) is 35.3 Å². The molecule has 0 bridgehead atoms. The van der Waals surface area contributed by atoms with Crippen LogP contribution >= 0.6 is 0 Å². The van der Waals surface area contributed by atoms with Gasteiger partial charge >= 0.3 is 5.97 Å². The molecule has 1 unspecified atom stereocenters. The molecule has 0 aromatic heterocycles. The number of unbranched alkanes of at least 4 members (excludes halogenated alkanes) is 6. The molecule has 1 atom stereocenters. The number of aliphatic carboxylic acids is 1. The first-order valence-electron chi connectivity index (χ1n) is 9.49. The highest BCUT2D eigenvalue weighted by Crippen LogP contribution is 2.05. The summed E-state index contributed by atoms with van der Waals surface area (Å²) in [5.41, 5.74) is 0. The zero-order chi connectivity index (χ0) is 19.5. The Morgan fingerprint density at radius 3 is 2.42 bits per heavy atom. The van der Waals surface area contributed by atoms with Gasteiger partial charge in [-0.25, -0.2) is 4.79 Å². The van der Waals surface area contributed by atoms with Crippen LogP contribution in [0.3, 0.4) is 0 Å². The van der Waals surface area contributed by atoms with Crippen LogP contribution in [0.5, 0.6) is 0 Å². The van der Waals surface area contributed by atoms with E-state index in [-0.39, 0.29) is 11.5 Å². The van der Waals surface area contributed by atoms with Gasteiger partial charge in [0.05, 0.1) is 0 Å². The molecule has 0 rings (SSSR count). The fourth-order valence-corrected chi connectivity index (χ4v) is 2.27. The SMILES string of the molecule is CCCCC/C=C/C/C=C/C(/C=C/CCCCCOCC(=O)O)[N+](=O)[O-]. The van der Waals surface area contributed by atoms with E-state index in [4.69, 9.17) is 9.84 Å². The van der Waals surface area contributed by atoms with Crippen molar-refractivity contribution in [1.82, 2.24) is 0 Å². The molecule has 148 valence electrons. The van der Waals surface area contributed by atoms with Gasteiger partial charge in [0.15, 0.2) is 0 Å². The zero-order valence-electron chi connectivity index (χ0n) is 15.8. The van der Waals surface area contributed by atoms with Crippen molar-refractivity contribution in [2.24, 2.45) is 0 Å². The molecule has 0 aromatic rings. The van der Waals surface area contributed by atoms with Crippen LogP contribution in [-0.2, 0) is 9.53 Å². The maximum atomic E-state index is 11.1. The fourth-order valence-electron chi connectivity index (χ4n) is 2.27. The number of rotatable bonds is 17. The van der Waals surface area contributed by atoms with Gasteiger partial charge in [-0.2, -0.15) is 0 Å². The second-order valence-electron chi connectivity index (χ2n) is 6.13. The summed E-state index contributed by atoms with van der Waals surface area (Å²) in [6, 6.07) is -0.776. The highest BCUT2D eigenvalue weighted by atomic mass is 16.6. The summed E-state index contributed by atoms with van der Waals surface area (Å²) < 4.78 is 4.94. The largest absolute Gasteiger partial charge is 0.480 e. The number of carboxylic acid groups (broad SMARTS) is 1.